The summed E-state index contributed by atoms with van der Waals surface area (Å²) in [4.78, 5) is 0. The summed E-state index contributed by atoms with van der Waals surface area (Å²) in [5.74, 6) is 0. The lowest BCUT2D eigenvalue weighted by Crippen LogP contribution is -1.74. The number of rotatable bonds is 2. The van der Waals surface area contributed by atoms with E-state index in [0.29, 0.717) is 0 Å². The summed E-state index contributed by atoms with van der Waals surface area (Å²) >= 11 is 0. The van der Waals surface area contributed by atoms with Gasteiger partial charge < -0.3 is 0 Å². The van der Waals surface area contributed by atoms with Gasteiger partial charge in [-0.2, -0.15) is 0 Å². The van der Waals surface area contributed by atoms with E-state index in [2.05, 4.69) is 0 Å². The van der Waals surface area contributed by atoms with Crippen LogP contribution >= 0.6 is 15.6 Å². The normalized spacial score (nSPS) is 15.1. The summed E-state index contributed by atoms with van der Waals surface area (Å²) in [5.41, 5.74) is 0. The van der Waals surface area contributed by atoms with Gasteiger partial charge in [0.25, 0.3) is 0 Å². The minimum absolute atomic E-state index is 0.0691. The van der Waals surface area contributed by atoms with Crippen LogP contribution in [0.3, 0.4) is 0 Å². The van der Waals surface area contributed by atoms with Gasteiger partial charge in [-0.15, -0.1) is 0 Å². The Morgan fingerprint density at radius 3 is 1.43 bits per heavy atom. The smallest absolute Gasteiger partial charge is 0.177 e. The SMILES string of the molecule is CPS(=O)(=O)PC. The molecule has 0 spiro atoms. The quantitative estimate of drug-likeness (QED) is 0.558. The summed E-state index contributed by atoms with van der Waals surface area (Å²) in [6.07, 6.45) is 0. The van der Waals surface area contributed by atoms with E-state index in [9.17, 15) is 8.42 Å². The molecular formula is C2H8O2P2S. The summed E-state index contributed by atoms with van der Waals surface area (Å²) in [6, 6.07) is 0. The predicted molar refractivity (Wildman–Crippen MR) is 37.4 cm³/mol. The van der Waals surface area contributed by atoms with Gasteiger partial charge in [0.1, 0.15) is 0 Å². The van der Waals surface area contributed by atoms with Crippen LogP contribution in [0.5, 0.6) is 0 Å². The van der Waals surface area contributed by atoms with Crippen LogP contribution in [0.25, 0.3) is 0 Å². The minimum Gasteiger partial charge on any atom is -0.221 e. The molecule has 44 valence electrons. The molecule has 0 N–H and O–H groups in total. The molecule has 0 rings (SSSR count). The summed E-state index contributed by atoms with van der Waals surface area (Å²) < 4.78 is 20.8. The van der Waals surface area contributed by atoms with Crippen LogP contribution < -0.4 is 0 Å². The van der Waals surface area contributed by atoms with Crippen molar-refractivity contribution in [3.8, 4) is 0 Å². The van der Waals surface area contributed by atoms with Gasteiger partial charge in [0.15, 0.2) is 9.08 Å². The molecule has 0 aliphatic carbocycles. The maximum Gasteiger partial charge on any atom is 0.177 e. The van der Waals surface area contributed by atoms with Gasteiger partial charge in [0.2, 0.25) is 0 Å². The molecule has 2 nitrogen and oxygen atoms in total. The van der Waals surface area contributed by atoms with Gasteiger partial charge >= 0.3 is 0 Å². The molecule has 0 fully saturated rings. The first-order chi connectivity index (χ1) is 3.12. The van der Waals surface area contributed by atoms with E-state index in [4.69, 9.17) is 0 Å². The molecule has 0 saturated carbocycles. The van der Waals surface area contributed by atoms with E-state index in [1.807, 2.05) is 0 Å². The molecule has 0 saturated heterocycles. The molecule has 0 aromatic carbocycles. The van der Waals surface area contributed by atoms with Crippen molar-refractivity contribution < 1.29 is 8.42 Å². The average Bonchev–Trinajstić information content (AvgIpc) is 1.68. The number of hydrogen-bond acceptors (Lipinski definition) is 2. The first kappa shape index (κ1) is 7.81. The summed E-state index contributed by atoms with van der Waals surface area (Å²) in [7, 11) is -2.46. The van der Waals surface area contributed by atoms with E-state index >= 15 is 0 Å². The zero-order chi connectivity index (χ0) is 5.91. The predicted octanol–water partition coefficient (Wildman–Crippen LogP) is 0.848. The molecule has 0 radical (unpaired) electrons. The highest BCUT2D eigenvalue weighted by Gasteiger charge is 1.98. The lowest BCUT2D eigenvalue weighted by Gasteiger charge is -1.89. The standard InChI is InChI=1S/C2H8O2P2S/c1-5-7(3,4)6-2/h5-6H,1-2H3. The van der Waals surface area contributed by atoms with Crippen molar-refractivity contribution >= 4 is 24.6 Å². The Morgan fingerprint density at radius 1 is 1.14 bits per heavy atom. The molecule has 2 unspecified atom stereocenters. The highest BCUT2D eigenvalue weighted by molar-refractivity contribution is 8.72. The second-order valence-electron chi connectivity index (χ2n) is 0.912. The third-order valence-corrected chi connectivity index (χ3v) is 8.51. The van der Waals surface area contributed by atoms with Crippen molar-refractivity contribution in [1.82, 2.24) is 0 Å². The molecule has 0 aromatic heterocycles. The van der Waals surface area contributed by atoms with Crippen LogP contribution in [0.4, 0.5) is 0 Å². The van der Waals surface area contributed by atoms with Crippen molar-refractivity contribution in [2.24, 2.45) is 0 Å². The van der Waals surface area contributed by atoms with Crippen molar-refractivity contribution in [3.63, 3.8) is 0 Å². The van der Waals surface area contributed by atoms with Crippen LogP contribution in [-0.4, -0.2) is 21.7 Å². The highest BCUT2D eigenvalue weighted by atomic mass is 33.1. The Hall–Kier alpha value is 0.810. The first-order valence-electron chi connectivity index (χ1n) is 1.74. The molecule has 0 amide bonds. The van der Waals surface area contributed by atoms with Gasteiger partial charge in [-0.3, -0.25) is 0 Å². The lowest BCUT2D eigenvalue weighted by atomic mass is 12.0. The van der Waals surface area contributed by atoms with Crippen molar-refractivity contribution in [2.75, 3.05) is 13.3 Å². The van der Waals surface area contributed by atoms with Crippen LogP contribution in [-0.2, 0) is 9.08 Å². The van der Waals surface area contributed by atoms with Crippen LogP contribution in [0.1, 0.15) is 0 Å². The molecule has 0 aliphatic heterocycles. The third kappa shape index (κ3) is 3.40. The second-order valence-corrected chi connectivity index (χ2v) is 9.63. The fraction of sp³-hybridized carbons (Fsp3) is 1.00. The molecule has 0 heterocycles. The van der Waals surface area contributed by atoms with Gasteiger partial charge in [-0.25, -0.2) is 8.42 Å². The lowest BCUT2D eigenvalue weighted by molar-refractivity contribution is 0.622. The van der Waals surface area contributed by atoms with Crippen molar-refractivity contribution in [2.45, 2.75) is 0 Å². The average molecular weight is 158 g/mol. The second kappa shape index (κ2) is 2.96. The van der Waals surface area contributed by atoms with Crippen LogP contribution in [0.2, 0.25) is 0 Å². The Balaban J connectivity index is 3.89. The maximum atomic E-state index is 10.4. The molecule has 0 aromatic rings. The Morgan fingerprint density at radius 2 is 1.43 bits per heavy atom. The topological polar surface area (TPSA) is 34.1 Å². The zero-order valence-corrected chi connectivity index (χ0v) is 7.04. The van der Waals surface area contributed by atoms with E-state index in [1.165, 1.54) is 0 Å². The first-order valence-corrected chi connectivity index (χ1v) is 7.67. The van der Waals surface area contributed by atoms with Gasteiger partial charge in [0.05, 0.1) is 0 Å². The van der Waals surface area contributed by atoms with E-state index in [1.54, 1.807) is 13.3 Å². The van der Waals surface area contributed by atoms with E-state index in [-0.39, 0.29) is 15.6 Å². The third-order valence-electron chi connectivity index (χ3n) is 0.537. The van der Waals surface area contributed by atoms with Gasteiger partial charge in [-0.05, 0) is 13.3 Å². The number of hydrogen-bond donors (Lipinski definition) is 0. The zero-order valence-electron chi connectivity index (χ0n) is 4.22. The molecule has 0 aliphatic rings. The minimum atomic E-state index is -2.60. The summed E-state index contributed by atoms with van der Waals surface area (Å²) in [6.45, 7) is 3.37. The Bertz CT molecular complexity index is 117. The van der Waals surface area contributed by atoms with E-state index < -0.39 is 9.08 Å². The fourth-order valence-electron chi connectivity index (χ4n) is 0.102. The Kier molecular flexibility index (Phi) is 3.30. The van der Waals surface area contributed by atoms with Crippen LogP contribution in [0, 0.1) is 0 Å². The molecule has 5 heteroatoms. The Labute approximate surface area is 47.1 Å². The largest absolute Gasteiger partial charge is 0.221 e. The van der Waals surface area contributed by atoms with Crippen LogP contribution in [0.15, 0.2) is 0 Å². The molecule has 2 atom stereocenters. The summed E-state index contributed by atoms with van der Waals surface area (Å²) in [5, 5.41) is 0. The monoisotopic (exact) mass is 158 g/mol. The van der Waals surface area contributed by atoms with Crippen molar-refractivity contribution in [1.29, 1.82) is 0 Å². The van der Waals surface area contributed by atoms with Gasteiger partial charge in [0, 0.05) is 15.6 Å². The van der Waals surface area contributed by atoms with Crippen molar-refractivity contribution in [3.05, 3.63) is 0 Å². The maximum absolute atomic E-state index is 10.4. The fourth-order valence-corrected chi connectivity index (χ4v) is 2.76. The van der Waals surface area contributed by atoms with E-state index in [0.717, 1.165) is 0 Å². The molecule has 7 heavy (non-hydrogen) atoms. The van der Waals surface area contributed by atoms with Gasteiger partial charge in [-0.1, -0.05) is 0 Å². The molecule has 0 bridgehead atoms. The highest BCUT2D eigenvalue weighted by Crippen LogP contribution is 2.30. The molecular weight excluding hydrogens is 150 g/mol.